The molecule has 1 aliphatic carbocycles. The molecule has 0 saturated carbocycles. The molecule has 0 radical (unpaired) electrons. The van der Waals surface area contributed by atoms with Crippen LogP contribution in [-0.2, 0) is 34.8 Å². The molecule has 2 aromatic rings. The maximum Gasteiger partial charge on any atom is 0.384 e. The van der Waals surface area contributed by atoms with Crippen molar-refractivity contribution in [3.8, 4) is 0 Å². The average molecular weight is 429 g/mol. The van der Waals surface area contributed by atoms with E-state index in [0.29, 0.717) is 10.9 Å². The summed E-state index contributed by atoms with van der Waals surface area (Å²) in [6.45, 7) is 0. The quantitative estimate of drug-likeness (QED) is 0.312. The minimum atomic E-state index is -2.01. The highest BCUT2D eigenvalue weighted by Crippen LogP contribution is 2.54. The Morgan fingerprint density at radius 3 is 2.13 bits per heavy atom. The Morgan fingerprint density at radius 1 is 0.933 bits per heavy atom. The number of hydrogen-bond acceptors (Lipinski definition) is 7. The van der Waals surface area contributed by atoms with Gasteiger partial charge in [-0.05, 0) is 36.2 Å². The van der Waals surface area contributed by atoms with E-state index in [0.717, 1.165) is 5.56 Å². The van der Waals surface area contributed by atoms with Crippen LogP contribution < -0.4 is 5.30 Å². The first-order valence-corrected chi connectivity index (χ1v) is 10.6. The van der Waals surface area contributed by atoms with Crippen LogP contribution in [0.25, 0.3) is 0 Å². The van der Waals surface area contributed by atoms with Crippen molar-refractivity contribution in [2.24, 2.45) is 5.41 Å². The molecule has 2 atom stereocenters. The number of carbonyl (C=O) groups excluding carboxylic acids is 3. The Hall–Kier alpha value is -3.05. The SMILES string of the molecule is COC(=O)c1ccc2c(c1)CC(C(=O)OC)(C(=O)OC)CC2[P+](=O)c1ccccc1. The van der Waals surface area contributed by atoms with Crippen LogP contribution in [0.2, 0.25) is 0 Å². The fourth-order valence-corrected chi connectivity index (χ4v) is 5.72. The molecule has 0 N–H and O–H groups in total. The zero-order valence-corrected chi connectivity index (χ0v) is 17.8. The number of hydrogen-bond donors (Lipinski definition) is 0. The van der Waals surface area contributed by atoms with Gasteiger partial charge in [0, 0.05) is 12.0 Å². The second-order valence-electron chi connectivity index (χ2n) is 7.03. The second-order valence-corrected chi connectivity index (χ2v) is 8.82. The summed E-state index contributed by atoms with van der Waals surface area (Å²) < 4.78 is 28.2. The monoisotopic (exact) mass is 429 g/mol. The van der Waals surface area contributed by atoms with E-state index in [4.69, 9.17) is 14.2 Å². The summed E-state index contributed by atoms with van der Waals surface area (Å²) in [4.78, 5) is 37.6. The van der Waals surface area contributed by atoms with Gasteiger partial charge in [0.05, 0.1) is 26.9 Å². The molecular weight excluding hydrogens is 407 g/mol. The number of benzene rings is 2. The van der Waals surface area contributed by atoms with Crippen molar-refractivity contribution in [3.05, 3.63) is 65.2 Å². The second kappa shape index (κ2) is 8.76. The van der Waals surface area contributed by atoms with Gasteiger partial charge in [-0.15, -0.1) is 0 Å². The number of fused-ring (bicyclic) bond motifs is 1. The van der Waals surface area contributed by atoms with Crippen LogP contribution in [0.3, 0.4) is 0 Å². The predicted octanol–water partition coefficient (Wildman–Crippen LogP) is 2.95. The molecule has 0 heterocycles. The van der Waals surface area contributed by atoms with Crippen LogP contribution in [-0.4, -0.2) is 39.2 Å². The van der Waals surface area contributed by atoms with E-state index in [9.17, 15) is 18.9 Å². The summed E-state index contributed by atoms with van der Waals surface area (Å²) >= 11 is 0. The van der Waals surface area contributed by atoms with Crippen LogP contribution >= 0.6 is 7.80 Å². The number of methoxy groups -OCH3 is 3. The third-order valence-electron chi connectivity index (χ3n) is 5.40. The van der Waals surface area contributed by atoms with Crippen LogP contribution in [0.5, 0.6) is 0 Å². The van der Waals surface area contributed by atoms with E-state index in [-0.39, 0.29) is 18.4 Å². The Labute approximate surface area is 175 Å². The van der Waals surface area contributed by atoms with Crippen molar-refractivity contribution in [1.29, 1.82) is 0 Å². The van der Waals surface area contributed by atoms with Gasteiger partial charge in [0.2, 0.25) is 0 Å². The highest BCUT2D eigenvalue weighted by atomic mass is 31.1. The average Bonchev–Trinajstić information content (AvgIpc) is 2.81. The number of rotatable bonds is 5. The molecular formula is C22H22O7P+. The number of carbonyl (C=O) groups is 3. The van der Waals surface area contributed by atoms with Gasteiger partial charge in [0.1, 0.15) is 0 Å². The van der Waals surface area contributed by atoms with Gasteiger partial charge >= 0.3 is 25.7 Å². The Kier molecular flexibility index (Phi) is 6.32. The standard InChI is InChI=1S/C22H22O7P/c1-27-19(23)14-9-10-17-15(11-14)12-22(20(24)28-2,21(25)29-3)13-18(17)30(26)16-7-5-4-6-8-16/h4-11,18H,12-13H2,1-3H3/q+1. The molecule has 8 heteroatoms. The van der Waals surface area contributed by atoms with Crippen LogP contribution in [0, 0.1) is 5.41 Å². The lowest BCUT2D eigenvalue weighted by Gasteiger charge is -2.34. The molecule has 0 spiro atoms. The van der Waals surface area contributed by atoms with Crippen molar-refractivity contribution >= 4 is 31.0 Å². The van der Waals surface area contributed by atoms with Crippen LogP contribution in [0.1, 0.15) is 33.6 Å². The first-order chi connectivity index (χ1) is 14.4. The van der Waals surface area contributed by atoms with Crippen LogP contribution in [0.15, 0.2) is 48.5 Å². The minimum Gasteiger partial charge on any atom is -0.468 e. The minimum absolute atomic E-state index is 0.0268. The van der Waals surface area contributed by atoms with Gasteiger partial charge in [-0.2, -0.15) is 0 Å². The van der Waals surface area contributed by atoms with E-state index in [1.807, 2.05) is 6.07 Å². The van der Waals surface area contributed by atoms with Crippen molar-refractivity contribution in [1.82, 2.24) is 0 Å². The Bertz CT molecular complexity index is 984. The molecule has 0 aromatic heterocycles. The summed E-state index contributed by atoms with van der Waals surface area (Å²) in [5, 5.41) is 0.603. The third kappa shape index (κ3) is 3.73. The molecule has 7 nitrogen and oxygen atoms in total. The molecule has 0 bridgehead atoms. The molecule has 1 aliphatic rings. The molecule has 2 unspecified atom stereocenters. The van der Waals surface area contributed by atoms with Crippen molar-refractivity contribution in [2.75, 3.05) is 21.3 Å². The first-order valence-electron chi connectivity index (χ1n) is 9.27. The van der Waals surface area contributed by atoms with Crippen molar-refractivity contribution in [3.63, 3.8) is 0 Å². The lowest BCUT2D eigenvalue weighted by atomic mass is 9.70. The lowest BCUT2D eigenvalue weighted by Crippen LogP contribution is -2.46. The topological polar surface area (TPSA) is 96.0 Å². The summed E-state index contributed by atoms with van der Waals surface area (Å²) in [7, 11) is 1.65. The van der Waals surface area contributed by atoms with Gasteiger partial charge in [-0.1, -0.05) is 28.8 Å². The molecule has 156 valence electrons. The zero-order chi connectivity index (χ0) is 21.9. The number of esters is 3. The van der Waals surface area contributed by atoms with Gasteiger partial charge in [0.15, 0.2) is 16.4 Å². The van der Waals surface area contributed by atoms with Gasteiger partial charge < -0.3 is 14.2 Å². The first kappa shape index (κ1) is 21.7. The maximum absolute atomic E-state index is 13.5. The summed E-state index contributed by atoms with van der Waals surface area (Å²) in [5.74, 6) is -2.07. The normalized spacial score (nSPS) is 17.3. The Morgan fingerprint density at radius 2 is 1.57 bits per heavy atom. The van der Waals surface area contributed by atoms with Gasteiger partial charge in [-0.3, -0.25) is 9.59 Å². The molecule has 3 rings (SSSR count). The maximum atomic E-state index is 13.5. The van der Waals surface area contributed by atoms with E-state index in [2.05, 4.69) is 0 Å². The van der Waals surface area contributed by atoms with E-state index in [1.54, 1.807) is 42.5 Å². The third-order valence-corrected chi connectivity index (χ3v) is 7.24. The van der Waals surface area contributed by atoms with Gasteiger partial charge in [0.25, 0.3) is 0 Å². The summed E-state index contributed by atoms with van der Waals surface area (Å²) in [5.41, 5.74) is -0.748. The molecule has 0 aliphatic heterocycles. The zero-order valence-electron chi connectivity index (χ0n) is 16.9. The smallest absolute Gasteiger partial charge is 0.384 e. The molecule has 0 saturated heterocycles. The summed E-state index contributed by atoms with van der Waals surface area (Å²) in [6.07, 6.45) is -0.0536. The Balaban J connectivity index is 2.19. The van der Waals surface area contributed by atoms with Crippen LogP contribution in [0.4, 0.5) is 0 Å². The van der Waals surface area contributed by atoms with E-state index in [1.165, 1.54) is 21.3 Å². The van der Waals surface area contributed by atoms with Crippen molar-refractivity contribution < 1.29 is 33.2 Å². The molecule has 30 heavy (non-hydrogen) atoms. The fourth-order valence-electron chi connectivity index (χ4n) is 3.92. The number of ether oxygens (including phenoxy) is 3. The molecule has 2 aromatic carbocycles. The molecule has 0 amide bonds. The summed E-state index contributed by atoms with van der Waals surface area (Å²) in [6, 6.07) is 13.7. The fraction of sp³-hybridized carbons (Fsp3) is 0.318. The van der Waals surface area contributed by atoms with Gasteiger partial charge in [-0.25, -0.2) is 4.79 Å². The predicted molar refractivity (Wildman–Crippen MR) is 109 cm³/mol. The van der Waals surface area contributed by atoms with E-state index >= 15 is 0 Å². The van der Waals surface area contributed by atoms with Crippen molar-refractivity contribution in [2.45, 2.75) is 18.5 Å². The lowest BCUT2D eigenvalue weighted by molar-refractivity contribution is -0.170. The van der Waals surface area contributed by atoms with E-state index < -0.39 is 36.8 Å². The largest absolute Gasteiger partial charge is 0.468 e. The molecule has 0 fully saturated rings. The highest BCUT2D eigenvalue weighted by molar-refractivity contribution is 7.53. The highest BCUT2D eigenvalue weighted by Gasteiger charge is 2.57.